The van der Waals surface area contributed by atoms with Crippen LogP contribution in [0.4, 0.5) is 11.5 Å². The number of pyridine rings is 1. The van der Waals surface area contributed by atoms with Crippen LogP contribution in [0.5, 0.6) is 0 Å². The second kappa shape index (κ2) is 6.53. The van der Waals surface area contributed by atoms with Crippen LogP contribution in [0, 0.1) is 18.3 Å². The van der Waals surface area contributed by atoms with E-state index < -0.39 is 0 Å². The van der Waals surface area contributed by atoms with E-state index in [1.54, 1.807) is 0 Å². The maximum Gasteiger partial charge on any atom is 0.157 e. The molecule has 0 atom stereocenters. The number of nitrogens with zero attached hydrogens (tertiary/aromatic N) is 3. The number of aromatic nitrogens is 2. The molecule has 4 nitrogen and oxygen atoms in total. The van der Waals surface area contributed by atoms with Crippen molar-refractivity contribution in [1.29, 1.82) is 5.26 Å². The number of para-hydroxylation sites is 2. The monoisotopic (exact) mass is 340 g/mol. The Kier molecular flexibility index (Phi) is 4.06. The van der Waals surface area contributed by atoms with Crippen LogP contribution < -0.4 is 5.32 Å². The van der Waals surface area contributed by atoms with E-state index in [0.29, 0.717) is 11.2 Å². The first kappa shape index (κ1) is 16.2. The number of fused-ring (bicyclic) bond motifs is 3. The maximum atomic E-state index is 9.76. The largest absolute Gasteiger partial charge is 0.341 e. The highest BCUT2D eigenvalue weighted by molar-refractivity contribution is 5.85. The highest BCUT2D eigenvalue weighted by Gasteiger charge is 2.16. The zero-order valence-electron chi connectivity index (χ0n) is 15.0. The predicted octanol–water partition coefficient (Wildman–Crippen LogP) is 5.36. The molecule has 0 bridgehead atoms. The molecule has 1 N–H and O–H groups in total. The van der Waals surface area contributed by atoms with Gasteiger partial charge in [0.25, 0.3) is 0 Å². The molecule has 2 aromatic heterocycles. The molecular formula is C22H20N4. The summed E-state index contributed by atoms with van der Waals surface area (Å²) in [5.74, 6) is 0.931. The summed E-state index contributed by atoms with van der Waals surface area (Å²) in [4.78, 5) is 4.75. The number of benzene rings is 2. The van der Waals surface area contributed by atoms with Gasteiger partial charge in [-0.15, -0.1) is 0 Å². The number of aryl methyl sites for hydroxylation is 2. The summed E-state index contributed by atoms with van der Waals surface area (Å²) >= 11 is 0. The van der Waals surface area contributed by atoms with Crippen LogP contribution in [-0.2, 0) is 6.42 Å². The number of nitrogens with one attached hydrogen (secondary N) is 1. The van der Waals surface area contributed by atoms with E-state index >= 15 is 0 Å². The molecule has 0 saturated carbocycles. The average molecular weight is 340 g/mol. The van der Waals surface area contributed by atoms with Gasteiger partial charge >= 0.3 is 0 Å². The molecule has 4 rings (SSSR count). The molecular weight excluding hydrogens is 320 g/mol. The summed E-state index contributed by atoms with van der Waals surface area (Å²) in [6, 6.07) is 20.8. The van der Waals surface area contributed by atoms with Gasteiger partial charge in [-0.25, -0.2) is 4.98 Å². The van der Waals surface area contributed by atoms with Gasteiger partial charge in [0.15, 0.2) is 5.65 Å². The van der Waals surface area contributed by atoms with Gasteiger partial charge < -0.3 is 5.32 Å². The van der Waals surface area contributed by atoms with Crippen LogP contribution in [-0.4, -0.2) is 9.38 Å². The Morgan fingerprint density at radius 1 is 1.12 bits per heavy atom. The highest BCUT2D eigenvalue weighted by Crippen LogP contribution is 2.29. The zero-order valence-corrected chi connectivity index (χ0v) is 15.0. The van der Waals surface area contributed by atoms with E-state index in [1.807, 2.05) is 28.7 Å². The summed E-state index contributed by atoms with van der Waals surface area (Å²) in [5, 5.41) is 13.3. The molecule has 0 unspecified atom stereocenters. The Bertz CT molecular complexity index is 1130. The van der Waals surface area contributed by atoms with E-state index in [-0.39, 0.29) is 0 Å². The van der Waals surface area contributed by atoms with Crippen LogP contribution in [0.3, 0.4) is 0 Å². The van der Waals surface area contributed by atoms with Crippen molar-refractivity contribution >= 4 is 28.2 Å². The van der Waals surface area contributed by atoms with Crippen LogP contribution in [0.25, 0.3) is 16.7 Å². The van der Waals surface area contributed by atoms with Gasteiger partial charge in [-0.3, -0.25) is 4.40 Å². The fraction of sp³-hybridized carbons (Fsp3) is 0.182. The molecule has 0 spiro atoms. The van der Waals surface area contributed by atoms with Gasteiger partial charge in [0.1, 0.15) is 11.9 Å². The molecule has 128 valence electrons. The van der Waals surface area contributed by atoms with E-state index in [2.05, 4.69) is 55.6 Å². The molecule has 0 amide bonds. The second-order valence-corrected chi connectivity index (χ2v) is 6.54. The predicted molar refractivity (Wildman–Crippen MR) is 106 cm³/mol. The Labute approximate surface area is 152 Å². The van der Waals surface area contributed by atoms with Crippen molar-refractivity contribution in [3.05, 3.63) is 71.3 Å². The lowest BCUT2D eigenvalue weighted by Crippen LogP contribution is -2.03. The third-order valence-electron chi connectivity index (χ3n) is 4.61. The first-order chi connectivity index (χ1) is 12.7. The number of anilines is 2. The van der Waals surface area contributed by atoms with Crippen LogP contribution >= 0.6 is 0 Å². The Morgan fingerprint density at radius 2 is 1.88 bits per heavy atom. The molecule has 4 aromatic rings. The molecule has 2 aromatic carbocycles. The number of imidazole rings is 1. The lowest BCUT2D eigenvalue weighted by Gasteiger charge is -2.14. The SMILES string of the molecule is CCCc1cc(Nc2ccc(C)cc2)n2c(nc3ccccc32)c1C#N. The lowest BCUT2D eigenvalue weighted by molar-refractivity contribution is 0.915. The van der Waals surface area contributed by atoms with Gasteiger partial charge in [0.2, 0.25) is 0 Å². The summed E-state index contributed by atoms with van der Waals surface area (Å²) in [6.45, 7) is 4.20. The third kappa shape index (κ3) is 2.68. The van der Waals surface area contributed by atoms with Gasteiger partial charge in [0, 0.05) is 5.69 Å². The van der Waals surface area contributed by atoms with Crippen molar-refractivity contribution < 1.29 is 0 Å². The van der Waals surface area contributed by atoms with Gasteiger partial charge in [0.05, 0.1) is 16.6 Å². The molecule has 0 fully saturated rings. The van der Waals surface area contributed by atoms with E-state index in [0.717, 1.165) is 40.9 Å². The molecule has 0 aliphatic carbocycles. The summed E-state index contributed by atoms with van der Waals surface area (Å²) < 4.78 is 2.05. The Hall–Kier alpha value is -3.32. The lowest BCUT2D eigenvalue weighted by atomic mass is 10.1. The number of hydrogen-bond donors (Lipinski definition) is 1. The van der Waals surface area contributed by atoms with Crippen molar-refractivity contribution in [3.8, 4) is 6.07 Å². The van der Waals surface area contributed by atoms with Crippen molar-refractivity contribution in [2.24, 2.45) is 0 Å². The minimum absolute atomic E-state index is 0.664. The minimum Gasteiger partial charge on any atom is -0.341 e. The van der Waals surface area contributed by atoms with Crippen LogP contribution in [0.15, 0.2) is 54.6 Å². The van der Waals surface area contributed by atoms with E-state index in [1.165, 1.54) is 5.56 Å². The highest BCUT2D eigenvalue weighted by atomic mass is 15.1. The minimum atomic E-state index is 0.664. The molecule has 4 heteroatoms. The average Bonchev–Trinajstić information content (AvgIpc) is 3.03. The van der Waals surface area contributed by atoms with E-state index in [9.17, 15) is 5.26 Å². The van der Waals surface area contributed by atoms with Crippen molar-refractivity contribution in [2.45, 2.75) is 26.7 Å². The first-order valence-corrected chi connectivity index (χ1v) is 8.88. The Balaban J connectivity index is 2.00. The van der Waals surface area contributed by atoms with Crippen LogP contribution in [0.1, 0.15) is 30.0 Å². The van der Waals surface area contributed by atoms with Crippen molar-refractivity contribution in [2.75, 3.05) is 5.32 Å². The van der Waals surface area contributed by atoms with Gasteiger partial charge in [-0.1, -0.05) is 43.2 Å². The normalized spacial score (nSPS) is 11.0. The molecule has 0 saturated heterocycles. The van der Waals surface area contributed by atoms with E-state index in [4.69, 9.17) is 4.98 Å². The fourth-order valence-electron chi connectivity index (χ4n) is 3.35. The number of rotatable bonds is 4. The standard InChI is InChI=1S/C22H20N4/c1-3-6-16-13-21(24-17-11-9-15(2)10-12-17)26-20-8-5-4-7-19(20)25-22(26)18(16)14-23/h4-5,7-13,24H,3,6H2,1-2H3. The van der Waals surface area contributed by atoms with Gasteiger partial charge in [-0.2, -0.15) is 5.26 Å². The quantitative estimate of drug-likeness (QED) is 0.544. The third-order valence-corrected chi connectivity index (χ3v) is 4.61. The molecule has 2 heterocycles. The molecule has 26 heavy (non-hydrogen) atoms. The summed E-state index contributed by atoms with van der Waals surface area (Å²) in [6.07, 6.45) is 1.83. The smallest absolute Gasteiger partial charge is 0.157 e. The first-order valence-electron chi connectivity index (χ1n) is 8.88. The number of hydrogen-bond acceptors (Lipinski definition) is 3. The second-order valence-electron chi connectivity index (χ2n) is 6.54. The summed E-state index contributed by atoms with van der Waals surface area (Å²) in [5.41, 5.74) is 6.54. The topological polar surface area (TPSA) is 53.1 Å². The van der Waals surface area contributed by atoms with Crippen LogP contribution in [0.2, 0.25) is 0 Å². The van der Waals surface area contributed by atoms with Gasteiger partial charge in [-0.05, 0) is 49.2 Å². The Morgan fingerprint density at radius 3 is 2.62 bits per heavy atom. The van der Waals surface area contributed by atoms with Crippen molar-refractivity contribution in [1.82, 2.24) is 9.38 Å². The molecule has 0 radical (unpaired) electrons. The molecule has 0 aliphatic heterocycles. The molecule has 0 aliphatic rings. The summed E-state index contributed by atoms with van der Waals surface area (Å²) in [7, 11) is 0. The zero-order chi connectivity index (χ0) is 18.1. The number of nitriles is 1. The fourth-order valence-corrected chi connectivity index (χ4v) is 3.35. The van der Waals surface area contributed by atoms with Crippen molar-refractivity contribution in [3.63, 3.8) is 0 Å². The maximum absolute atomic E-state index is 9.76.